The molecular weight excluding hydrogens is 445 g/mol. The van der Waals surface area contributed by atoms with Crippen LogP contribution in [0.3, 0.4) is 0 Å². The summed E-state index contributed by atoms with van der Waals surface area (Å²) < 4.78 is 9.92. The third-order valence-corrected chi connectivity index (χ3v) is 22.8. The summed E-state index contributed by atoms with van der Waals surface area (Å²) >= 11 is -2.70. The molecule has 1 atom stereocenters. The van der Waals surface area contributed by atoms with Gasteiger partial charge < -0.3 is 0 Å². The molecule has 0 aliphatic carbocycles. The number of carbonyl (C=O) groups excluding carboxylic acids is 1. The number of hydrogen-bond acceptors (Lipinski definition) is 3. The minimum atomic E-state index is -2.70. The number of carbonyl (C=O) groups is 1. The molecule has 0 fully saturated rings. The maximum atomic E-state index is 13.0. The average molecular weight is 492 g/mol. The van der Waals surface area contributed by atoms with Gasteiger partial charge in [-0.1, -0.05) is 0 Å². The molecule has 0 aromatic carbocycles. The topological polar surface area (TPSA) is 49.8 Å². The SMILES string of the molecule is CCC[CH2][Sn]([CH2]CCC)([CH2]CCC)[CH](CCC)N(CO)C(=O)OC(C)(C)C. The average Bonchev–Trinajstić information content (AvgIpc) is 2.60. The Hall–Kier alpha value is 0.0287. The number of aliphatic hydroxyl groups excluding tert-OH is 1. The predicted molar refractivity (Wildman–Crippen MR) is 119 cm³/mol. The van der Waals surface area contributed by atoms with E-state index in [-0.39, 0.29) is 16.9 Å². The molecule has 0 aromatic heterocycles. The molecule has 5 heteroatoms. The summed E-state index contributed by atoms with van der Waals surface area (Å²) in [6, 6.07) is 0. The number of ether oxygens (including phenoxy) is 1. The van der Waals surface area contributed by atoms with Gasteiger partial charge in [-0.15, -0.1) is 0 Å². The molecule has 1 N–H and O–H groups in total. The minimum absolute atomic E-state index is 0.220. The number of rotatable bonds is 14. The van der Waals surface area contributed by atoms with Gasteiger partial charge in [0.15, 0.2) is 0 Å². The molecule has 0 heterocycles. The fourth-order valence-electron chi connectivity index (χ4n) is 4.13. The Labute approximate surface area is 173 Å². The Balaban J connectivity index is 5.91. The van der Waals surface area contributed by atoms with Crippen molar-refractivity contribution in [1.29, 1.82) is 0 Å². The van der Waals surface area contributed by atoms with Crippen LogP contribution in [0.1, 0.15) is 99.8 Å². The molecule has 0 spiro atoms. The standard InChI is InChI=1S/C10H20NO3.3C4H9.Sn/c1-5-6-7-11(8-12)9(13)14-10(2,3)4;3*1-3-4-2;/h7,12H,5-6,8H2,1-4H3;3*1,3-4H2,2H3;. The van der Waals surface area contributed by atoms with Crippen molar-refractivity contribution in [3.63, 3.8) is 0 Å². The van der Waals surface area contributed by atoms with E-state index in [9.17, 15) is 9.90 Å². The van der Waals surface area contributed by atoms with E-state index in [1.807, 2.05) is 20.8 Å². The second-order valence-corrected chi connectivity index (χ2v) is 23.0. The zero-order chi connectivity index (χ0) is 20.9. The van der Waals surface area contributed by atoms with E-state index in [0.29, 0.717) is 0 Å². The summed E-state index contributed by atoms with van der Waals surface area (Å²) in [4.78, 5) is 14.7. The van der Waals surface area contributed by atoms with Crippen molar-refractivity contribution in [3.8, 4) is 0 Å². The van der Waals surface area contributed by atoms with Crippen LogP contribution in [0.25, 0.3) is 0 Å². The van der Waals surface area contributed by atoms with Crippen LogP contribution in [0.4, 0.5) is 4.79 Å². The van der Waals surface area contributed by atoms with Crippen LogP contribution in [-0.2, 0) is 4.74 Å². The number of amides is 1. The molecule has 0 aliphatic rings. The molecule has 0 saturated heterocycles. The van der Waals surface area contributed by atoms with Crippen molar-refractivity contribution in [3.05, 3.63) is 0 Å². The number of nitrogens with zero attached hydrogens (tertiary/aromatic N) is 1. The Bertz CT molecular complexity index is 374. The van der Waals surface area contributed by atoms with Crippen molar-refractivity contribution >= 4 is 24.5 Å². The zero-order valence-electron chi connectivity index (χ0n) is 19.3. The second kappa shape index (κ2) is 14.1. The van der Waals surface area contributed by atoms with E-state index in [2.05, 4.69) is 27.7 Å². The van der Waals surface area contributed by atoms with Gasteiger partial charge >= 0.3 is 174 Å². The van der Waals surface area contributed by atoms with Gasteiger partial charge in [0.2, 0.25) is 0 Å². The van der Waals surface area contributed by atoms with Crippen molar-refractivity contribution in [2.45, 2.75) is 123 Å². The summed E-state index contributed by atoms with van der Waals surface area (Å²) in [6.45, 7) is 14.5. The Morgan fingerprint density at radius 1 is 0.926 bits per heavy atom. The van der Waals surface area contributed by atoms with Gasteiger partial charge in [-0.2, -0.15) is 0 Å². The summed E-state index contributed by atoms with van der Waals surface area (Å²) in [5.74, 6) is 0. The molecule has 0 radical (unpaired) electrons. The Morgan fingerprint density at radius 2 is 1.37 bits per heavy atom. The van der Waals surface area contributed by atoms with E-state index in [4.69, 9.17) is 4.74 Å². The molecule has 0 bridgehead atoms. The molecule has 4 nitrogen and oxygen atoms in total. The Kier molecular flexibility index (Phi) is 14.1. The molecule has 0 aromatic rings. The van der Waals surface area contributed by atoms with Gasteiger partial charge in [-0.3, -0.25) is 0 Å². The summed E-state index contributed by atoms with van der Waals surface area (Å²) in [7, 11) is 0. The Morgan fingerprint density at radius 3 is 1.67 bits per heavy atom. The van der Waals surface area contributed by atoms with E-state index in [1.54, 1.807) is 4.90 Å². The van der Waals surface area contributed by atoms with E-state index < -0.39 is 24.0 Å². The van der Waals surface area contributed by atoms with Crippen molar-refractivity contribution in [1.82, 2.24) is 4.90 Å². The van der Waals surface area contributed by atoms with Gasteiger partial charge in [0.1, 0.15) is 0 Å². The first kappa shape index (κ1) is 27.0. The monoisotopic (exact) mass is 493 g/mol. The van der Waals surface area contributed by atoms with E-state index in [0.717, 1.165) is 12.8 Å². The summed E-state index contributed by atoms with van der Waals surface area (Å²) in [6.07, 6.45) is 9.14. The van der Waals surface area contributed by atoms with Crippen molar-refractivity contribution in [2.75, 3.05) is 6.73 Å². The van der Waals surface area contributed by atoms with E-state index >= 15 is 0 Å². The maximum absolute atomic E-state index is 13.0. The second-order valence-electron chi connectivity index (χ2n) is 9.07. The van der Waals surface area contributed by atoms with Gasteiger partial charge in [-0.05, 0) is 0 Å². The first-order valence-corrected chi connectivity index (χ1v) is 19.0. The fourth-order valence-corrected chi connectivity index (χ4v) is 23.2. The van der Waals surface area contributed by atoms with Crippen LogP contribution in [0.5, 0.6) is 0 Å². The normalized spacial score (nSPS) is 13.5. The predicted octanol–water partition coefficient (Wildman–Crippen LogP) is 6.73. The van der Waals surface area contributed by atoms with Crippen molar-refractivity contribution < 1.29 is 14.6 Å². The third kappa shape index (κ3) is 9.87. The third-order valence-electron chi connectivity index (χ3n) is 5.51. The van der Waals surface area contributed by atoms with Gasteiger partial charge in [0.25, 0.3) is 0 Å². The molecule has 0 saturated carbocycles. The fraction of sp³-hybridized carbons (Fsp3) is 0.955. The number of unbranched alkanes of at least 4 members (excludes halogenated alkanes) is 3. The van der Waals surface area contributed by atoms with Crippen LogP contribution in [0.2, 0.25) is 13.3 Å². The van der Waals surface area contributed by atoms with E-state index in [1.165, 1.54) is 51.8 Å². The first-order valence-electron chi connectivity index (χ1n) is 11.3. The van der Waals surface area contributed by atoms with Crippen LogP contribution < -0.4 is 0 Å². The zero-order valence-corrected chi connectivity index (χ0v) is 22.1. The number of hydrogen-bond donors (Lipinski definition) is 1. The molecule has 162 valence electrons. The van der Waals surface area contributed by atoms with Gasteiger partial charge in [-0.25, -0.2) is 0 Å². The summed E-state index contributed by atoms with van der Waals surface area (Å²) in [5.41, 5.74) is -0.532. The molecule has 0 aliphatic heterocycles. The molecule has 27 heavy (non-hydrogen) atoms. The van der Waals surface area contributed by atoms with Gasteiger partial charge in [0.05, 0.1) is 0 Å². The molecule has 1 amide bonds. The van der Waals surface area contributed by atoms with Crippen LogP contribution >= 0.6 is 0 Å². The van der Waals surface area contributed by atoms with Gasteiger partial charge in [0, 0.05) is 0 Å². The quantitative estimate of drug-likeness (QED) is 0.216. The molecule has 0 rings (SSSR count). The molecule has 1 unspecified atom stereocenters. The van der Waals surface area contributed by atoms with Crippen LogP contribution in [0, 0.1) is 0 Å². The van der Waals surface area contributed by atoms with Crippen LogP contribution in [0.15, 0.2) is 0 Å². The van der Waals surface area contributed by atoms with Crippen molar-refractivity contribution in [2.24, 2.45) is 0 Å². The summed E-state index contributed by atoms with van der Waals surface area (Å²) in [5, 5.41) is 10.2. The first-order chi connectivity index (χ1) is 12.7. The van der Waals surface area contributed by atoms with Crippen LogP contribution in [-0.4, -0.2) is 50.9 Å². The number of aliphatic hydroxyl groups is 1. The molecular formula is C22H47NO3Sn.